The van der Waals surface area contributed by atoms with Crippen LogP contribution in [0.25, 0.3) is 0 Å². The molecular weight excluding hydrogens is 438 g/mol. The number of carbonyl (C=O) groups is 4. The molecule has 0 unspecified atom stereocenters. The van der Waals surface area contributed by atoms with Crippen LogP contribution in [0.15, 0.2) is 40.6 Å². The molecule has 150 valence electrons. The Balaban J connectivity index is 2.30. The van der Waals surface area contributed by atoms with Crippen molar-refractivity contribution in [1.82, 2.24) is 0 Å². The minimum atomic E-state index is -1.47. The maximum atomic E-state index is 12.5. The second kappa shape index (κ2) is 9.36. The van der Waals surface area contributed by atoms with Gasteiger partial charge in [0.05, 0.1) is 0 Å². The average Bonchev–Trinajstić information content (AvgIpc) is 2.58. The number of benzene rings is 1. The van der Waals surface area contributed by atoms with Gasteiger partial charge in [0, 0.05) is 37.0 Å². The molecule has 0 aliphatic carbocycles. The molecule has 0 saturated carbocycles. The number of carbonyl (C=O) groups excluding carboxylic acids is 4. The first-order valence-corrected chi connectivity index (χ1v) is 8.92. The predicted octanol–water partition coefficient (Wildman–Crippen LogP) is 2.05. The molecule has 1 aliphatic rings. The van der Waals surface area contributed by atoms with Gasteiger partial charge in [-0.05, 0) is 24.3 Å². The normalized spacial score (nSPS) is 20.9. The summed E-state index contributed by atoms with van der Waals surface area (Å²) in [4.78, 5) is 46.8. The Kier molecular flexibility index (Phi) is 7.16. The van der Waals surface area contributed by atoms with Crippen LogP contribution in [0.5, 0.6) is 0 Å². The molecule has 0 spiro atoms. The number of ether oxygens (including phenoxy) is 4. The van der Waals surface area contributed by atoms with Crippen LogP contribution in [0.2, 0.25) is 0 Å². The van der Waals surface area contributed by atoms with E-state index >= 15 is 0 Å². The van der Waals surface area contributed by atoms with E-state index in [9.17, 15) is 19.2 Å². The van der Waals surface area contributed by atoms with Crippen molar-refractivity contribution < 1.29 is 38.1 Å². The monoisotopic (exact) mass is 455 g/mol. The van der Waals surface area contributed by atoms with E-state index in [1.54, 1.807) is 24.3 Å². The number of esters is 3. The summed E-state index contributed by atoms with van der Waals surface area (Å²) in [6.45, 7) is 3.40. The molecule has 1 aromatic rings. The van der Waals surface area contributed by atoms with Crippen LogP contribution < -0.4 is 5.32 Å². The molecule has 0 radical (unpaired) electrons. The van der Waals surface area contributed by atoms with Crippen LogP contribution >= 0.6 is 15.9 Å². The first-order chi connectivity index (χ1) is 13.2. The SMILES string of the molecule is CC(=O)O[C@@H]1OC(C(=O)Nc2ccc(Br)cc2)=C[C@H](OC(C)=O)[C@H]1OC(C)=O. The van der Waals surface area contributed by atoms with E-state index < -0.39 is 42.3 Å². The molecule has 1 heterocycles. The van der Waals surface area contributed by atoms with Gasteiger partial charge in [0.2, 0.25) is 6.10 Å². The molecule has 1 N–H and O–H groups in total. The average molecular weight is 456 g/mol. The number of amides is 1. The van der Waals surface area contributed by atoms with Crippen molar-refractivity contribution in [3.05, 3.63) is 40.6 Å². The number of hydrogen-bond acceptors (Lipinski definition) is 8. The fourth-order valence-electron chi connectivity index (χ4n) is 2.35. The molecule has 0 fully saturated rings. The predicted molar refractivity (Wildman–Crippen MR) is 98.6 cm³/mol. The summed E-state index contributed by atoms with van der Waals surface area (Å²) in [6.07, 6.45) is -2.75. The Morgan fingerprint density at radius 3 is 2.04 bits per heavy atom. The van der Waals surface area contributed by atoms with E-state index in [1.165, 1.54) is 6.08 Å². The van der Waals surface area contributed by atoms with Crippen LogP contribution in [-0.2, 0) is 38.1 Å². The molecule has 0 bridgehead atoms. The lowest BCUT2D eigenvalue weighted by molar-refractivity contribution is -0.221. The highest BCUT2D eigenvalue weighted by Crippen LogP contribution is 2.26. The van der Waals surface area contributed by atoms with E-state index in [1.807, 2.05) is 0 Å². The third kappa shape index (κ3) is 6.08. The topological polar surface area (TPSA) is 117 Å². The van der Waals surface area contributed by atoms with Gasteiger partial charge in [-0.1, -0.05) is 15.9 Å². The first kappa shape index (κ1) is 21.4. The first-order valence-electron chi connectivity index (χ1n) is 8.12. The van der Waals surface area contributed by atoms with Crippen LogP contribution in [0, 0.1) is 0 Å². The summed E-state index contributed by atoms with van der Waals surface area (Å²) in [7, 11) is 0. The Hall–Kier alpha value is -2.88. The third-order valence-corrected chi connectivity index (χ3v) is 3.89. The van der Waals surface area contributed by atoms with E-state index in [4.69, 9.17) is 18.9 Å². The lowest BCUT2D eigenvalue weighted by atomic mass is 10.1. The largest absolute Gasteiger partial charge is 0.454 e. The van der Waals surface area contributed by atoms with Crippen molar-refractivity contribution in [3.8, 4) is 0 Å². The van der Waals surface area contributed by atoms with Gasteiger partial charge in [-0.2, -0.15) is 0 Å². The third-order valence-electron chi connectivity index (χ3n) is 3.36. The quantitative estimate of drug-likeness (QED) is 0.529. The smallest absolute Gasteiger partial charge is 0.305 e. The van der Waals surface area contributed by atoms with Gasteiger partial charge in [0.25, 0.3) is 12.2 Å². The minimum Gasteiger partial charge on any atom is -0.454 e. The fourth-order valence-corrected chi connectivity index (χ4v) is 2.61. The Labute approximate surface area is 169 Å². The molecule has 1 amide bonds. The maximum absolute atomic E-state index is 12.5. The number of nitrogens with one attached hydrogen (secondary N) is 1. The van der Waals surface area contributed by atoms with Crippen molar-refractivity contribution in [2.75, 3.05) is 5.32 Å². The molecule has 0 saturated heterocycles. The molecule has 10 heteroatoms. The molecule has 3 atom stereocenters. The summed E-state index contributed by atoms with van der Waals surface area (Å²) in [6, 6.07) is 6.76. The highest BCUT2D eigenvalue weighted by Gasteiger charge is 2.43. The zero-order valence-electron chi connectivity index (χ0n) is 15.3. The lowest BCUT2D eigenvalue weighted by Gasteiger charge is -2.34. The van der Waals surface area contributed by atoms with E-state index in [0.29, 0.717) is 5.69 Å². The number of anilines is 1. The van der Waals surface area contributed by atoms with E-state index in [2.05, 4.69) is 21.2 Å². The van der Waals surface area contributed by atoms with Gasteiger partial charge in [-0.3, -0.25) is 19.2 Å². The molecule has 9 nitrogen and oxygen atoms in total. The Morgan fingerprint density at radius 1 is 0.929 bits per heavy atom. The van der Waals surface area contributed by atoms with Gasteiger partial charge < -0.3 is 24.3 Å². The lowest BCUT2D eigenvalue weighted by Crippen LogP contribution is -2.49. The summed E-state index contributed by atoms with van der Waals surface area (Å²) in [5.74, 6) is -3.06. The van der Waals surface area contributed by atoms with Crippen LogP contribution in [0.3, 0.4) is 0 Å². The van der Waals surface area contributed by atoms with Crippen molar-refractivity contribution >= 4 is 45.4 Å². The standard InChI is InChI=1S/C18H18BrNO8/c1-9(21)25-14-8-15(17(24)20-13-6-4-12(19)5-7-13)28-18(27-11(3)23)16(14)26-10(2)22/h4-8,14,16,18H,1-3H3,(H,20,24)/t14-,16+,18+/m0/s1. The van der Waals surface area contributed by atoms with Crippen molar-refractivity contribution in [1.29, 1.82) is 0 Å². The van der Waals surface area contributed by atoms with Crippen LogP contribution in [0.1, 0.15) is 20.8 Å². The van der Waals surface area contributed by atoms with Crippen LogP contribution in [-0.4, -0.2) is 42.3 Å². The summed E-state index contributed by atoms with van der Waals surface area (Å²) < 4.78 is 21.4. The minimum absolute atomic E-state index is 0.260. The van der Waals surface area contributed by atoms with Gasteiger partial charge in [-0.15, -0.1) is 0 Å². The Bertz CT molecular complexity index is 804. The van der Waals surface area contributed by atoms with E-state index in [0.717, 1.165) is 25.2 Å². The number of rotatable bonds is 5. The van der Waals surface area contributed by atoms with Crippen molar-refractivity contribution in [3.63, 3.8) is 0 Å². The van der Waals surface area contributed by atoms with Crippen LogP contribution in [0.4, 0.5) is 5.69 Å². The zero-order valence-corrected chi connectivity index (χ0v) is 16.8. The molecule has 0 aromatic heterocycles. The van der Waals surface area contributed by atoms with Gasteiger partial charge in [0.15, 0.2) is 11.9 Å². The van der Waals surface area contributed by atoms with E-state index in [-0.39, 0.29) is 5.76 Å². The van der Waals surface area contributed by atoms with Gasteiger partial charge in [0.1, 0.15) is 0 Å². The highest BCUT2D eigenvalue weighted by atomic mass is 79.9. The summed E-state index contributed by atoms with van der Waals surface area (Å²) in [5.41, 5.74) is 0.480. The molecule has 28 heavy (non-hydrogen) atoms. The number of hydrogen-bond donors (Lipinski definition) is 1. The van der Waals surface area contributed by atoms with Gasteiger partial charge >= 0.3 is 17.9 Å². The highest BCUT2D eigenvalue weighted by molar-refractivity contribution is 9.10. The summed E-state index contributed by atoms with van der Waals surface area (Å²) in [5, 5.41) is 2.60. The molecule has 1 aromatic carbocycles. The molecule has 1 aliphatic heterocycles. The second-order valence-corrected chi connectivity index (χ2v) is 6.65. The molecule has 2 rings (SSSR count). The second-order valence-electron chi connectivity index (χ2n) is 5.74. The summed E-state index contributed by atoms with van der Waals surface area (Å²) >= 11 is 3.29. The maximum Gasteiger partial charge on any atom is 0.305 e. The van der Waals surface area contributed by atoms with Crippen molar-refractivity contribution in [2.45, 2.75) is 39.3 Å². The Morgan fingerprint density at radius 2 is 1.50 bits per heavy atom. The van der Waals surface area contributed by atoms with Crippen molar-refractivity contribution in [2.24, 2.45) is 0 Å². The van der Waals surface area contributed by atoms with Gasteiger partial charge in [-0.25, -0.2) is 0 Å². The zero-order chi connectivity index (χ0) is 20.8. The number of halogens is 1. The fraction of sp³-hybridized carbons (Fsp3) is 0.333. The molecular formula is C18H18BrNO8.